The maximum atomic E-state index is 10.9. The molecule has 5 nitrogen and oxygen atoms in total. The van der Waals surface area contributed by atoms with Crippen LogP contribution in [0.5, 0.6) is 0 Å². The first kappa shape index (κ1) is 22.7. The van der Waals surface area contributed by atoms with Crippen LogP contribution in [0.25, 0.3) is 0 Å². The molecule has 164 valence electrons. The fraction of sp³-hybridized carbons (Fsp3) is 0.560. The molecule has 0 bridgehead atoms. The van der Waals surface area contributed by atoms with Crippen molar-refractivity contribution in [3.8, 4) is 0 Å². The van der Waals surface area contributed by atoms with Gasteiger partial charge in [-0.3, -0.25) is 0 Å². The van der Waals surface area contributed by atoms with Crippen molar-refractivity contribution < 1.29 is 24.9 Å². The molecule has 1 aromatic carbocycles. The van der Waals surface area contributed by atoms with Crippen LogP contribution in [0.1, 0.15) is 61.4 Å². The lowest BCUT2D eigenvalue weighted by Crippen LogP contribution is -2.18. The smallest absolute Gasteiger partial charge is 0.335 e. The van der Waals surface area contributed by atoms with E-state index in [4.69, 9.17) is 9.84 Å². The van der Waals surface area contributed by atoms with Crippen molar-refractivity contribution in [1.82, 2.24) is 0 Å². The van der Waals surface area contributed by atoms with Gasteiger partial charge < -0.3 is 20.1 Å². The monoisotopic (exact) mass is 414 g/mol. The van der Waals surface area contributed by atoms with Crippen molar-refractivity contribution in [2.45, 2.75) is 64.3 Å². The second-order valence-electron chi connectivity index (χ2n) is 8.68. The Morgan fingerprint density at radius 1 is 1.23 bits per heavy atom. The van der Waals surface area contributed by atoms with Crippen LogP contribution in [0.4, 0.5) is 0 Å². The van der Waals surface area contributed by atoms with Gasteiger partial charge in [0.25, 0.3) is 0 Å². The molecule has 5 heteroatoms. The maximum absolute atomic E-state index is 10.9. The van der Waals surface area contributed by atoms with Gasteiger partial charge in [-0.1, -0.05) is 56.5 Å². The summed E-state index contributed by atoms with van der Waals surface area (Å²) < 4.78 is 5.85. The normalized spacial score (nSPS) is 26.7. The molecule has 1 fully saturated rings. The average molecular weight is 415 g/mol. The summed E-state index contributed by atoms with van der Waals surface area (Å²) in [5, 5.41) is 29.6. The van der Waals surface area contributed by atoms with Crippen LogP contribution in [0.2, 0.25) is 0 Å². The van der Waals surface area contributed by atoms with Gasteiger partial charge >= 0.3 is 5.97 Å². The van der Waals surface area contributed by atoms with Crippen molar-refractivity contribution in [1.29, 1.82) is 0 Å². The van der Waals surface area contributed by atoms with Crippen molar-refractivity contribution in [3.05, 3.63) is 59.2 Å². The first-order valence-electron chi connectivity index (χ1n) is 11.1. The van der Waals surface area contributed by atoms with Crippen molar-refractivity contribution in [2.24, 2.45) is 17.8 Å². The number of aliphatic hydroxyl groups excluding tert-OH is 2. The number of fused-ring (bicyclic) bond motifs is 1. The summed E-state index contributed by atoms with van der Waals surface area (Å²) in [6, 6.07) is 6.75. The summed E-state index contributed by atoms with van der Waals surface area (Å²) in [5.41, 5.74) is 2.49. The molecule has 3 N–H and O–H groups in total. The number of hydrogen-bond donors (Lipinski definition) is 3. The SMILES string of the molecule is CCCCC[C@H](O)/C=C/[C@@H]1[C@H]2CC(COCc3ccc(C(=O)O)cc3)=C[C@H]2C[C@H]1O. The highest BCUT2D eigenvalue weighted by Gasteiger charge is 2.43. The minimum Gasteiger partial charge on any atom is -0.478 e. The van der Waals surface area contributed by atoms with E-state index < -0.39 is 12.1 Å². The van der Waals surface area contributed by atoms with Gasteiger partial charge in [-0.05, 0) is 54.4 Å². The summed E-state index contributed by atoms with van der Waals surface area (Å²) in [6.07, 6.45) is 11.2. The molecule has 30 heavy (non-hydrogen) atoms. The second kappa shape index (κ2) is 10.9. The van der Waals surface area contributed by atoms with Gasteiger partial charge in [0.2, 0.25) is 0 Å². The third kappa shape index (κ3) is 6.03. The standard InChI is InChI=1S/C25H34O5/c1-2-3-4-5-21(26)10-11-22-23-13-18(12-20(23)14-24(22)27)16-30-15-17-6-8-19(9-7-17)25(28)29/h6-12,20-24,26-27H,2-5,13-16H2,1H3,(H,28,29)/b11-10+/t20-,21-,22+,23-,24+/m0/s1. The van der Waals surface area contributed by atoms with Gasteiger partial charge in [-0.2, -0.15) is 0 Å². The zero-order valence-corrected chi connectivity index (χ0v) is 17.7. The number of benzene rings is 1. The van der Waals surface area contributed by atoms with Gasteiger partial charge in [0.15, 0.2) is 0 Å². The highest BCUT2D eigenvalue weighted by molar-refractivity contribution is 5.87. The van der Waals surface area contributed by atoms with Gasteiger partial charge in [0, 0.05) is 5.92 Å². The predicted octanol–water partition coefficient (Wildman–Crippen LogP) is 4.34. The summed E-state index contributed by atoms with van der Waals surface area (Å²) in [5.74, 6) is -0.0783. The molecule has 3 rings (SSSR count). The third-order valence-corrected chi connectivity index (χ3v) is 6.37. The molecule has 0 spiro atoms. The van der Waals surface area contributed by atoms with E-state index in [1.54, 1.807) is 24.3 Å². The van der Waals surface area contributed by atoms with E-state index in [9.17, 15) is 15.0 Å². The summed E-state index contributed by atoms with van der Waals surface area (Å²) >= 11 is 0. The van der Waals surface area contributed by atoms with E-state index in [1.165, 1.54) is 5.57 Å². The Kier molecular flexibility index (Phi) is 8.25. The van der Waals surface area contributed by atoms with Crippen LogP contribution < -0.4 is 0 Å². The number of carboxylic acid groups (broad SMARTS) is 1. The lowest BCUT2D eigenvalue weighted by molar-refractivity contribution is 0.0696. The highest BCUT2D eigenvalue weighted by Crippen LogP contribution is 2.47. The van der Waals surface area contributed by atoms with Crippen molar-refractivity contribution in [3.63, 3.8) is 0 Å². The molecule has 0 aromatic heterocycles. The maximum Gasteiger partial charge on any atom is 0.335 e. The lowest BCUT2D eigenvalue weighted by Gasteiger charge is -2.19. The van der Waals surface area contributed by atoms with Crippen LogP contribution in [0.3, 0.4) is 0 Å². The number of unbranched alkanes of at least 4 members (excludes halogenated alkanes) is 2. The molecule has 0 unspecified atom stereocenters. The predicted molar refractivity (Wildman–Crippen MR) is 116 cm³/mol. The summed E-state index contributed by atoms with van der Waals surface area (Å²) in [6.45, 7) is 3.16. The topological polar surface area (TPSA) is 87.0 Å². The quantitative estimate of drug-likeness (QED) is 0.370. The molecule has 0 radical (unpaired) electrons. The van der Waals surface area contributed by atoms with Crippen LogP contribution >= 0.6 is 0 Å². The first-order chi connectivity index (χ1) is 14.5. The van der Waals surface area contributed by atoms with E-state index in [-0.39, 0.29) is 17.6 Å². The minimum atomic E-state index is -0.926. The summed E-state index contributed by atoms with van der Waals surface area (Å²) in [4.78, 5) is 10.9. The van der Waals surface area contributed by atoms with Crippen LogP contribution in [-0.2, 0) is 11.3 Å². The Hall–Kier alpha value is -1.95. The third-order valence-electron chi connectivity index (χ3n) is 6.37. The number of carboxylic acids is 1. The van der Waals surface area contributed by atoms with E-state index in [0.29, 0.717) is 25.0 Å². The molecule has 1 saturated carbocycles. The zero-order valence-electron chi connectivity index (χ0n) is 17.7. The number of aromatic carboxylic acids is 1. The number of hydrogen-bond acceptors (Lipinski definition) is 4. The zero-order chi connectivity index (χ0) is 21.5. The average Bonchev–Trinajstić information content (AvgIpc) is 3.23. The second-order valence-corrected chi connectivity index (χ2v) is 8.68. The van der Waals surface area contributed by atoms with Gasteiger partial charge in [-0.15, -0.1) is 0 Å². The number of carbonyl (C=O) groups is 1. The number of ether oxygens (including phenoxy) is 1. The molecule has 0 heterocycles. The fourth-order valence-corrected chi connectivity index (χ4v) is 4.71. The van der Waals surface area contributed by atoms with Crippen LogP contribution in [-0.4, -0.2) is 40.1 Å². The molecule has 1 aromatic rings. The van der Waals surface area contributed by atoms with E-state index >= 15 is 0 Å². The van der Waals surface area contributed by atoms with Crippen LogP contribution in [0, 0.1) is 17.8 Å². The first-order valence-corrected chi connectivity index (χ1v) is 11.1. The molecule has 2 aliphatic rings. The molecule has 0 saturated heterocycles. The largest absolute Gasteiger partial charge is 0.478 e. The van der Waals surface area contributed by atoms with Crippen molar-refractivity contribution >= 4 is 5.97 Å². The number of aliphatic hydroxyl groups is 2. The number of rotatable bonds is 11. The Bertz CT molecular complexity index is 751. The Morgan fingerprint density at radius 2 is 2.00 bits per heavy atom. The lowest BCUT2D eigenvalue weighted by atomic mass is 9.89. The fourth-order valence-electron chi connectivity index (χ4n) is 4.71. The van der Waals surface area contributed by atoms with Gasteiger partial charge in [0.1, 0.15) is 0 Å². The highest BCUT2D eigenvalue weighted by atomic mass is 16.5. The molecular weight excluding hydrogens is 380 g/mol. The van der Waals surface area contributed by atoms with E-state index in [0.717, 1.165) is 44.1 Å². The van der Waals surface area contributed by atoms with E-state index in [1.807, 2.05) is 12.2 Å². The Morgan fingerprint density at radius 3 is 2.70 bits per heavy atom. The number of allylic oxidation sites excluding steroid dienone is 1. The molecule has 0 amide bonds. The van der Waals surface area contributed by atoms with Crippen molar-refractivity contribution in [2.75, 3.05) is 6.61 Å². The Balaban J connectivity index is 1.45. The summed E-state index contributed by atoms with van der Waals surface area (Å²) in [7, 11) is 0. The van der Waals surface area contributed by atoms with Gasteiger partial charge in [0.05, 0.1) is 31.0 Å². The van der Waals surface area contributed by atoms with Crippen LogP contribution in [0.15, 0.2) is 48.1 Å². The molecule has 5 atom stereocenters. The van der Waals surface area contributed by atoms with Gasteiger partial charge in [-0.25, -0.2) is 4.79 Å². The minimum absolute atomic E-state index is 0.0909. The molecule has 0 aliphatic heterocycles. The molecular formula is C25H34O5. The Labute approximate surface area is 179 Å². The molecule has 2 aliphatic carbocycles. The van der Waals surface area contributed by atoms with E-state index in [2.05, 4.69) is 13.0 Å².